The lowest BCUT2D eigenvalue weighted by Gasteiger charge is -2.30. The van der Waals surface area contributed by atoms with Crippen LogP contribution in [0.15, 0.2) is 49.3 Å². The Morgan fingerprint density at radius 1 is 1.25 bits per heavy atom. The first-order valence-corrected chi connectivity index (χ1v) is 10.8. The van der Waals surface area contributed by atoms with E-state index in [2.05, 4.69) is 15.4 Å². The quantitative estimate of drug-likeness (QED) is 0.489. The number of hydrogen-bond acceptors (Lipinski definition) is 8. The second-order valence-electron chi connectivity index (χ2n) is 6.60. The van der Waals surface area contributed by atoms with E-state index < -0.39 is 0 Å². The van der Waals surface area contributed by atoms with Gasteiger partial charge >= 0.3 is 0 Å². The highest BCUT2D eigenvalue weighted by Crippen LogP contribution is 2.30. The summed E-state index contributed by atoms with van der Waals surface area (Å²) in [6.45, 7) is 1.22. The average molecular weight is 412 g/mol. The minimum Gasteiger partial charge on any atom is -0.420 e. The lowest BCUT2D eigenvalue weighted by molar-refractivity contribution is 0.0688. The van der Waals surface area contributed by atoms with E-state index in [4.69, 9.17) is 8.94 Å². The Balaban J connectivity index is 1.31. The molecule has 1 aliphatic rings. The third kappa shape index (κ3) is 3.27. The van der Waals surface area contributed by atoms with Gasteiger partial charge in [-0.3, -0.25) is 4.79 Å². The molecule has 0 radical (unpaired) electrons. The van der Waals surface area contributed by atoms with Crippen LogP contribution in [0.4, 0.5) is 0 Å². The van der Waals surface area contributed by atoms with Crippen molar-refractivity contribution in [3.8, 4) is 22.1 Å². The fourth-order valence-electron chi connectivity index (χ4n) is 3.34. The fraction of sp³-hybridized carbons (Fsp3) is 0.263. The van der Waals surface area contributed by atoms with Crippen LogP contribution in [0.5, 0.6) is 0 Å². The molecule has 0 N–H and O–H groups in total. The Labute approximate surface area is 168 Å². The first kappa shape index (κ1) is 17.3. The number of likely N-dealkylation sites (tertiary alicyclic amines) is 1. The van der Waals surface area contributed by atoms with E-state index in [-0.39, 0.29) is 11.8 Å². The van der Waals surface area contributed by atoms with Crippen LogP contribution in [-0.2, 0) is 0 Å². The van der Waals surface area contributed by atoms with Gasteiger partial charge < -0.3 is 13.8 Å². The molecule has 0 unspecified atom stereocenters. The minimum atomic E-state index is -0.131. The summed E-state index contributed by atoms with van der Waals surface area (Å²) in [6, 6.07) is 7.54. The van der Waals surface area contributed by atoms with Gasteiger partial charge in [-0.25, -0.2) is 0 Å². The number of thiophene rings is 2. The van der Waals surface area contributed by atoms with Gasteiger partial charge in [0.2, 0.25) is 11.8 Å². The van der Waals surface area contributed by atoms with E-state index >= 15 is 0 Å². The number of hydrogen-bond donors (Lipinski definition) is 0. The molecule has 7 nitrogen and oxygen atoms in total. The number of nitrogens with zero attached hydrogens (tertiary/aromatic N) is 4. The third-order valence-electron chi connectivity index (χ3n) is 4.76. The molecule has 0 spiro atoms. The van der Waals surface area contributed by atoms with Gasteiger partial charge in [-0.1, -0.05) is 11.2 Å². The molecule has 0 saturated carbocycles. The first-order chi connectivity index (χ1) is 13.8. The molecule has 1 amide bonds. The molecule has 1 aliphatic heterocycles. The van der Waals surface area contributed by atoms with Crippen molar-refractivity contribution in [2.24, 2.45) is 0 Å². The van der Waals surface area contributed by atoms with Crippen LogP contribution in [0.25, 0.3) is 22.1 Å². The van der Waals surface area contributed by atoms with Crippen LogP contribution in [0.2, 0.25) is 0 Å². The van der Waals surface area contributed by atoms with Crippen LogP contribution in [0.1, 0.15) is 35.1 Å². The molecule has 4 aromatic rings. The van der Waals surface area contributed by atoms with Crippen molar-refractivity contribution >= 4 is 28.6 Å². The third-order valence-corrected chi connectivity index (χ3v) is 6.33. The maximum Gasteiger partial charge on any atom is 0.276 e. The van der Waals surface area contributed by atoms with Crippen LogP contribution in [-0.4, -0.2) is 39.3 Å². The predicted octanol–water partition coefficient (Wildman–Crippen LogP) is 4.53. The number of carbonyl (C=O) groups excluding carboxylic acids is 1. The van der Waals surface area contributed by atoms with Crippen molar-refractivity contribution in [2.45, 2.75) is 18.8 Å². The number of piperidine rings is 1. The molecular weight excluding hydrogens is 396 g/mol. The van der Waals surface area contributed by atoms with E-state index in [1.54, 1.807) is 33.6 Å². The SMILES string of the molecule is O=C(c1cc(-c2cccs2)on1)N1CCC[C@H](c2nnc(-c3ccsc3)o2)C1. The fourth-order valence-corrected chi connectivity index (χ4v) is 4.64. The standard InChI is InChI=1S/C19H16N4O3S2/c24-19(14-9-15(26-22-14)16-4-2-7-28-16)23-6-1-3-12(10-23)17-20-21-18(25-17)13-5-8-27-11-13/h2,4-5,7-9,11-12H,1,3,6,10H2/t12-/m0/s1. The lowest BCUT2D eigenvalue weighted by atomic mass is 9.98. The zero-order valence-corrected chi connectivity index (χ0v) is 16.4. The summed E-state index contributed by atoms with van der Waals surface area (Å²) in [4.78, 5) is 15.6. The van der Waals surface area contributed by atoms with Crippen molar-refractivity contribution in [3.05, 3.63) is 52.0 Å². The van der Waals surface area contributed by atoms with Gasteiger partial charge in [0.05, 0.1) is 10.8 Å². The summed E-state index contributed by atoms with van der Waals surface area (Å²) in [5.41, 5.74) is 1.25. The van der Waals surface area contributed by atoms with Crippen LogP contribution < -0.4 is 0 Å². The Kier molecular flexibility index (Phi) is 4.53. The van der Waals surface area contributed by atoms with E-state index in [0.717, 1.165) is 23.3 Å². The molecule has 0 bridgehead atoms. The summed E-state index contributed by atoms with van der Waals surface area (Å²) in [7, 11) is 0. The summed E-state index contributed by atoms with van der Waals surface area (Å²) < 4.78 is 11.2. The van der Waals surface area contributed by atoms with Crippen molar-refractivity contribution in [3.63, 3.8) is 0 Å². The zero-order chi connectivity index (χ0) is 18.9. The van der Waals surface area contributed by atoms with Gasteiger partial charge in [-0.2, -0.15) is 11.3 Å². The summed E-state index contributed by atoms with van der Waals surface area (Å²) in [5.74, 6) is 1.62. The average Bonchev–Trinajstić information content (AvgIpc) is 3.52. The van der Waals surface area contributed by atoms with Crippen LogP contribution in [0, 0.1) is 0 Å². The predicted molar refractivity (Wildman–Crippen MR) is 105 cm³/mol. The number of carbonyl (C=O) groups is 1. The molecule has 0 aromatic carbocycles. The summed E-state index contributed by atoms with van der Waals surface area (Å²) >= 11 is 3.14. The van der Waals surface area contributed by atoms with Gasteiger partial charge in [0, 0.05) is 30.1 Å². The monoisotopic (exact) mass is 412 g/mol. The van der Waals surface area contributed by atoms with E-state index in [1.807, 2.05) is 34.3 Å². The molecule has 1 fully saturated rings. The second-order valence-corrected chi connectivity index (χ2v) is 8.33. The maximum atomic E-state index is 12.9. The lowest BCUT2D eigenvalue weighted by Crippen LogP contribution is -2.39. The highest BCUT2D eigenvalue weighted by molar-refractivity contribution is 7.13. The molecular formula is C19H16N4O3S2. The molecule has 9 heteroatoms. The van der Waals surface area contributed by atoms with Gasteiger partial charge in [-0.05, 0) is 35.7 Å². The maximum absolute atomic E-state index is 12.9. The zero-order valence-electron chi connectivity index (χ0n) is 14.8. The summed E-state index contributed by atoms with van der Waals surface area (Å²) in [6.07, 6.45) is 1.79. The van der Waals surface area contributed by atoms with Crippen molar-refractivity contribution in [2.75, 3.05) is 13.1 Å². The van der Waals surface area contributed by atoms with E-state index in [1.165, 1.54) is 0 Å². The van der Waals surface area contributed by atoms with E-state index in [9.17, 15) is 4.79 Å². The molecule has 5 rings (SSSR count). The normalized spacial score (nSPS) is 17.1. The van der Waals surface area contributed by atoms with Crippen LogP contribution in [0.3, 0.4) is 0 Å². The Bertz CT molecular complexity index is 1070. The van der Waals surface area contributed by atoms with Crippen molar-refractivity contribution < 1.29 is 13.7 Å². The number of rotatable bonds is 4. The molecule has 0 aliphatic carbocycles. The van der Waals surface area contributed by atoms with Crippen molar-refractivity contribution in [1.29, 1.82) is 0 Å². The Morgan fingerprint density at radius 3 is 3.04 bits per heavy atom. The van der Waals surface area contributed by atoms with Gasteiger partial charge in [0.15, 0.2) is 11.5 Å². The molecule has 28 heavy (non-hydrogen) atoms. The molecule has 142 valence electrons. The first-order valence-electron chi connectivity index (χ1n) is 8.94. The highest BCUT2D eigenvalue weighted by Gasteiger charge is 2.30. The van der Waals surface area contributed by atoms with Crippen molar-refractivity contribution in [1.82, 2.24) is 20.3 Å². The Morgan fingerprint density at radius 2 is 2.21 bits per heavy atom. The van der Waals surface area contributed by atoms with Crippen LogP contribution >= 0.6 is 22.7 Å². The molecule has 1 atom stereocenters. The molecule has 1 saturated heterocycles. The Hall–Kier alpha value is -2.78. The largest absolute Gasteiger partial charge is 0.420 e. The molecule has 5 heterocycles. The van der Waals surface area contributed by atoms with E-state index in [0.29, 0.717) is 36.3 Å². The topological polar surface area (TPSA) is 85.3 Å². The highest BCUT2D eigenvalue weighted by atomic mass is 32.1. The summed E-state index contributed by atoms with van der Waals surface area (Å²) in [5, 5.41) is 18.3. The van der Waals surface area contributed by atoms with Gasteiger partial charge in [0.25, 0.3) is 5.91 Å². The molecule has 4 aromatic heterocycles. The smallest absolute Gasteiger partial charge is 0.276 e. The minimum absolute atomic E-state index is 0.0289. The van der Waals surface area contributed by atoms with Gasteiger partial charge in [-0.15, -0.1) is 21.5 Å². The number of amides is 1. The second kappa shape index (κ2) is 7.33. The number of aromatic nitrogens is 3. The van der Waals surface area contributed by atoms with Gasteiger partial charge in [0.1, 0.15) is 0 Å².